The number of halogens is 1. The van der Waals surface area contributed by atoms with Crippen LogP contribution in [0.25, 0.3) is 0 Å². The van der Waals surface area contributed by atoms with Crippen LogP contribution in [0.15, 0.2) is 24.3 Å². The van der Waals surface area contributed by atoms with E-state index >= 15 is 0 Å². The van der Waals surface area contributed by atoms with E-state index in [4.69, 9.17) is 22.0 Å². The van der Waals surface area contributed by atoms with Gasteiger partial charge in [0.25, 0.3) is 0 Å². The fourth-order valence-electron chi connectivity index (χ4n) is 1.57. The van der Waals surface area contributed by atoms with Crippen molar-refractivity contribution in [2.45, 2.75) is 6.42 Å². The maximum absolute atomic E-state index is 12.2. The van der Waals surface area contributed by atoms with Crippen LogP contribution in [0.4, 0.5) is 10.5 Å². The average molecular weight is 296 g/mol. The molecule has 1 aromatic carbocycles. The number of urea groups is 1. The van der Waals surface area contributed by atoms with Crippen molar-refractivity contribution in [1.82, 2.24) is 4.90 Å². The van der Waals surface area contributed by atoms with Crippen molar-refractivity contribution in [3.63, 3.8) is 0 Å². The number of carboxylic acids is 1. The zero-order chi connectivity index (χ0) is 15.1. The van der Waals surface area contributed by atoms with Crippen molar-refractivity contribution >= 4 is 29.3 Å². The molecule has 6 nitrogen and oxygen atoms in total. The van der Waals surface area contributed by atoms with Crippen molar-refractivity contribution in [3.8, 4) is 6.07 Å². The summed E-state index contributed by atoms with van der Waals surface area (Å²) in [4.78, 5) is 25.5. The molecule has 0 bridgehead atoms. The van der Waals surface area contributed by atoms with E-state index in [-0.39, 0.29) is 13.0 Å². The molecule has 1 aromatic rings. The van der Waals surface area contributed by atoms with Crippen molar-refractivity contribution in [2.24, 2.45) is 0 Å². The van der Waals surface area contributed by atoms with E-state index < -0.39 is 18.5 Å². The molecule has 1 rings (SSSR count). The minimum absolute atomic E-state index is 0.179. The zero-order valence-corrected chi connectivity index (χ0v) is 11.7. The number of benzene rings is 1. The number of nitrogens with zero attached hydrogens (tertiary/aromatic N) is 3. The molecule has 0 saturated heterocycles. The van der Waals surface area contributed by atoms with Crippen molar-refractivity contribution in [2.75, 3.05) is 25.0 Å². The van der Waals surface area contributed by atoms with E-state index in [9.17, 15) is 9.59 Å². The lowest BCUT2D eigenvalue weighted by molar-refractivity contribution is -0.135. The van der Waals surface area contributed by atoms with Crippen LogP contribution in [-0.2, 0) is 4.79 Å². The lowest BCUT2D eigenvalue weighted by atomic mass is 10.3. The second-order valence-electron chi connectivity index (χ2n) is 4.07. The molecule has 0 atom stereocenters. The van der Waals surface area contributed by atoms with Gasteiger partial charge in [-0.15, -0.1) is 0 Å². The Kier molecular flexibility index (Phi) is 5.81. The third-order valence-electron chi connectivity index (χ3n) is 2.53. The molecule has 0 heterocycles. The predicted octanol–water partition coefficient (Wildman–Crippen LogP) is 2.20. The largest absolute Gasteiger partial charge is 0.480 e. The van der Waals surface area contributed by atoms with Crippen molar-refractivity contribution < 1.29 is 14.7 Å². The van der Waals surface area contributed by atoms with Crippen LogP contribution in [0, 0.1) is 11.3 Å². The van der Waals surface area contributed by atoms with Crippen molar-refractivity contribution in [3.05, 3.63) is 29.3 Å². The lowest BCUT2D eigenvalue weighted by Crippen LogP contribution is -2.44. The van der Waals surface area contributed by atoms with Gasteiger partial charge < -0.3 is 10.0 Å². The Balaban J connectivity index is 2.97. The summed E-state index contributed by atoms with van der Waals surface area (Å²) in [6, 6.07) is 7.82. The number of carbonyl (C=O) groups is 2. The third-order valence-corrected chi connectivity index (χ3v) is 2.76. The molecule has 0 unspecified atom stereocenters. The fourth-order valence-corrected chi connectivity index (χ4v) is 1.75. The van der Waals surface area contributed by atoms with Crippen LogP contribution < -0.4 is 4.90 Å². The van der Waals surface area contributed by atoms with Gasteiger partial charge in [0.1, 0.15) is 6.54 Å². The number of carboxylic acid groups (broad SMARTS) is 1. The van der Waals surface area contributed by atoms with Crippen LogP contribution in [0.2, 0.25) is 5.02 Å². The summed E-state index contributed by atoms with van der Waals surface area (Å²) in [5.74, 6) is -1.13. The molecule has 0 saturated carbocycles. The van der Waals surface area contributed by atoms with Gasteiger partial charge in [-0.1, -0.05) is 17.7 Å². The van der Waals surface area contributed by atoms with Crippen LogP contribution >= 0.6 is 11.6 Å². The molecule has 0 aliphatic heterocycles. The first kappa shape index (κ1) is 15.8. The monoisotopic (exact) mass is 295 g/mol. The maximum atomic E-state index is 12.2. The van der Waals surface area contributed by atoms with E-state index in [0.29, 0.717) is 10.7 Å². The number of carbonyl (C=O) groups excluding carboxylic acids is 1. The van der Waals surface area contributed by atoms with Crippen LogP contribution in [0.3, 0.4) is 0 Å². The van der Waals surface area contributed by atoms with Gasteiger partial charge in [-0.25, -0.2) is 4.79 Å². The van der Waals surface area contributed by atoms with Gasteiger partial charge in [-0.2, -0.15) is 5.26 Å². The standard InChI is InChI=1S/C13H14ClN3O3/c1-16(7-3-6-15)13(20)17(9-12(18)19)11-5-2-4-10(14)8-11/h2,4-5,8H,3,7,9H2,1H3,(H,18,19). The predicted molar refractivity (Wildman–Crippen MR) is 74.7 cm³/mol. The summed E-state index contributed by atoms with van der Waals surface area (Å²) in [6.07, 6.45) is 0.179. The van der Waals surface area contributed by atoms with Crippen LogP contribution in [0.1, 0.15) is 6.42 Å². The maximum Gasteiger partial charge on any atom is 0.324 e. The Morgan fingerprint density at radius 2 is 2.15 bits per heavy atom. The Morgan fingerprint density at radius 3 is 2.70 bits per heavy atom. The Hall–Kier alpha value is -2.26. The number of nitriles is 1. The highest BCUT2D eigenvalue weighted by molar-refractivity contribution is 6.30. The number of rotatable bonds is 5. The normalized spacial score (nSPS) is 9.65. The highest BCUT2D eigenvalue weighted by Gasteiger charge is 2.22. The second kappa shape index (κ2) is 7.36. The summed E-state index contributed by atoms with van der Waals surface area (Å²) in [6.45, 7) is -0.248. The average Bonchev–Trinajstić information content (AvgIpc) is 2.41. The summed E-state index contributed by atoms with van der Waals surface area (Å²) in [7, 11) is 1.51. The van der Waals surface area contributed by atoms with E-state index in [1.807, 2.05) is 6.07 Å². The molecular formula is C13H14ClN3O3. The molecule has 0 aliphatic carbocycles. The molecule has 0 spiro atoms. The van der Waals surface area contributed by atoms with E-state index in [0.717, 1.165) is 4.90 Å². The van der Waals surface area contributed by atoms with Crippen LogP contribution in [0.5, 0.6) is 0 Å². The van der Waals surface area contributed by atoms with Gasteiger partial charge in [0.2, 0.25) is 0 Å². The van der Waals surface area contributed by atoms with Gasteiger partial charge in [0.15, 0.2) is 0 Å². The molecule has 0 fully saturated rings. The zero-order valence-electron chi connectivity index (χ0n) is 10.9. The Morgan fingerprint density at radius 1 is 1.45 bits per heavy atom. The number of hydrogen-bond acceptors (Lipinski definition) is 3. The molecule has 1 N–H and O–H groups in total. The topological polar surface area (TPSA) is 84.6 Å². The summed E-state index contributed by atoms with van der Waals surface area (Å²) >= 11 is 5.85. The minimum atomic E-state index is -1.13. The van der Waals surface area contributed by atoms with E-state index in [2.05, 4.69) is 0 Å². The summed E-state index contributed by atoms with van der Waals surface area (Å²) in [5.41, 5.74) is 0.397. The Bertz CT molecular complexity index is 542. The second-order valence-corrected chi connectivity index (χ2v) is 4.51. The first-order valence-electron chi connectivity index (χ1n) is 5.82. The molecular weight excluding hydrogens is 282 g/mol. The van der Waals surface area contributed by atoms with Gasteiger partial charge in [-0.05, 0) is 18.2 Å². The van der Waals surface area contributed by atoms with E-state index in [1.54, 1.807) is 18.2 Å². The third kappa shape index (κ3) is 4.44. The number of amides is 2. The van der Waals surface area contributed by atoms with Crippen LogP contribution in [-0.4, -0.2) is 42.1 Å². The quantitative estimate of drug-likeness (QED) is 0.902. The smallest absolute Gasteiger partial charge is 0.324 e. The van der Waals surface area contributed by atoms with Gasteiger partial charge >= 0.3 is 12.0 Å². The number of anilines is 1. The molecule has 20 heavy (non-hydrogen) atoms. The molecule has 7 heteroatoms. The highest BCUT2D eigenvalue weighted by Crippen LogP contribution is 2.20. The van der Waals surface area contributed by atoms with E-state index in [1.165, 1.54) is 18.0 Å². The summed E-state index contributed by atoms with van der Waals surface area (Å²) in [5, 5.41) is 17.9. The van der Waals surface area contributed by atoms with Gasteiger partial charge in [0.05, 0.1) is 12.5 Å². The molecule has 106 valence electrons. The Labute approximate surface area is 121 Å². The minimum Gasteiger partial charge on any atom is -0.480 e. The molecule has 0 radical (unpaired) electrons. The fraction of sp³-hybridized carbons (Fsp3) is 0.308. The van der Waals surface area contributed by atoms with Gasteiger partial charge in [0, 0.05) is 24.3 Å². The molecule has 0 aliphatic rings. The van der Waals surface area contributed by atoms with Crippen molar-refractivity contribution in [1.29, 1.82) is 5.26 Å². The molecule has 0 aromatic heterocycles. The van der Waals surface area contributed by atoms with Gasteiger partial charge in [-0.3, -0.25) is 9.69 Å². The first-order valence-corrected chi connectivity index (χ1v) is 6.20. The highest BCUT2D eigenvalue weighted by atomic mass is 35.5. The summed E-state index contributed by atoms with van der Waals surface area (Å²) < 4.78 is 0. The first-order chi connectivity index (χ1) is 9.45. The molecule has 2 amide bonds. The number of hydrogen-bond donors (Lipinski definition) is 1. The SMILES string of the molecule is CN(CCC#N)C(=O)N(CC(=O)O)c1cccc(Cl)c1. The number of aliphatic carboxylic acids is 1. The lowest BCUT2D eigenvalue weighted by Gasteiger charge is -2.26.